The zero-order valence-corrected chi connectivity index (χ0v) is 13.9. The molecule has 1 unspecified atom stereocenters. The monoisotopic (exact) mass is 405 g/mol. The molecule has 2 aromatic rings. The van der Waals surface area contributed by atoms with E-state index >= 15 is 0 Å². The van der Waals surface area contributed by atoms with E-state index < -0.39 is 0 Å². The minimum Gasteiger partial charge on any atom is -0.464 e. The van der Waals surface area contributed by atoms with Crippen LogP contribution in [-0.4, -0.2) is 17.1 Å². The number of rotatable bonds is 3. The molecule has 2 rings (SSSR count). The Hall–Kier alpha value is -1.08. The highest BCUT2D eigenvalue weighted by atomic mass is 127. The summed E-state index contributed by atoms with van der Waals surface area (Å²) in [6.45, 7) is 3.35. The van der Waals surface area contributed by atoms with Crippen LogP contribution in [0, 0.1) is 3.57 Å². The topological polar surface area (TPSA) is 48.3 Å². The maximum Gasteiger partial charge on any atom is 0.302 e. The van der Waals surface area contributed by atoms with Gasteiger partial charge in [0.1, 0.15) is 6.61 Å². The van der Waals surface area contributed by atoms with Crippen molar-refractivity contribution in [1.82, 2.24) is 4.57 Å². The summed E-state index contributed by atoms with van der Waals surface area (Å²) in [4.78, 5) is 23.3. The van der Waals surface area contributed by atoms with Crippen molar-refractivity contribution >= 4 is 50.9 Å². The molecule has 1 atom stereocenters. The Morgan fingerprint density at radius 1 is 1.40 bits per heavy atom. The second-order valence-electron chi connectivity index (χ2n) is 4.50. The van der Waals surface area contributed by atoms with E-state index in [0.29, 0.717) is 10.4 Å². The molecule has 20 heavy (non-hydrogen) atoms. The zero-order chi connectivity index (χ0) is 14.9. The van der Waals surface area contributed by atoms with Crippen molar-refractivity contribution in [2.75, 3.05) is 6.61 Å². The van der Waals surface area contributed by atoms with E-state index in [0.717, 1.165) is 8.96 Å². The summed E-state index contributed by atoms with van der Waals surface area (Å²) in [5, 5.41) is 2.07. The van der Waals surface area contributed by atoms with Gasteiger partial charge in [-0.05, 0) is 47.7 Å². The molecule has 0 N–H and O–H groups in total. The number of hydrogen-bond donors (Lipinski definition) is 0. The fourth-order valence-electron chi connectivity index (χ4n) is 1.94. The predicted molar refractivity (Wildman–Crippen MR) is 87.3 cm³/mol. The first kappa shape index (κ1) is 15.3. The molecule has 0 radical (unpaired) electrons. The van der Waals surface area contributed by atoms with Crippen molar-refractivity contribution in [3.05, 3.63) is 43.3 Å². The quantitative estimate of drug-likeness (QED) is 0.581. The van der Waals surface area contributed by atoms with Gasteiger partial charge in [-0.3, -0.25) is 9.59 Å². The Morgan fingerprint density at radius 3 is 2.75 bits per heavy atom. The summed E-state index contributed by atoms with van der Waals surface area (Å²) in [6, 6.07) is 5.07. The lowest BCUT2D eigenvalue weighted by atomic mass is 10.1. The normalized spacial score (nSPS) is 12.4. The van der Waals surface area contributed by atoms with E-state index in [2.05, 4.69) is 22.6 Å². The van der Waals surface area contributed by atoms with Gasteiger partial charge in [0.15, 0.2) is 0 Å². The number of hydrogen-bond acceptors (Lipinski definition) is 3. The third-order valence-electron chi connectivity index (χ3n) is 3.00. The molecule has 0 saturated heterocycles. The SMILES string of the molecule is CC(=O)OCC(C)n1ccc2c(I)c(Cl)ccc2c1=O. The van der Waals surface area contributed by atoms with Crippen molar-refractivity contribution in [1.29, 1.82) is 0 Å². The Morgan fingerprint density at radius 2 is 2.10 bits per heavy atom. The Labute approximate surface area is 134 Å². The smallest absolute Gasteiger partial charge is 0.302 e. The molecule has 1 heterocycles. The van der Waals surface area contributed by atoms with Crippen LogP contribution in [0.4, 0.5) is 0 Å². The molecule has 0 saturated carbocycles. The molecule has 0 spiro atoms. The van der Waals surface area contributed by atoms with E-state index in [9.17, 15) is 9.59 Å². The second-order valence-corrected chi connectivity index (χ2v) is 5.99. The fourth-order valence-corrected chi connectivity index (χ4v) is 2.76. The number of halogens is 2. The zero-order valence-electron chi connectivity index (χ0n) is 11.0. The van der Waals surface area contributed by atoms with Gasteiger partial charge in [-0.25, -0.2) is 0 Å². The average molecular weight is 406 g/mol. The highest BCUT2D eigenvalue weighted by molar-refractivity contribution is 14.1. The molecule has 1 aromatic heterocycles. The van der Waals surface area contributed by atoms with Crippen molar-refractivity contribution in [3.63, 3.8) is 0 Å². The van der Waals surface area contributed by atoms with Crippen molar-refractivity contribution in [2.45, 2.75) is 19.9 Å². The maximum absolute atomic E-state index is 12.5. The lowest BCUT2D eigenvalue weighted by Gasteiger charge is -2.16. The summed E-state index contributed by atoms with van der Waals surface area (Å²) in [5.74, 6) is -0.355. The molecule has 0 fully saturated rings. The van der Waals surface area contributed by atoms with E-state index in [1.165, 1.54) is 6.92 Å². The van der Waals surface area contributed by atoms with Gasteiger partial charge in [0.05, 0.1) is 11.1 Å². The number of benzene rings is 1. The molecule has 6 heteroatoms. The first-order chi connectivity index (χ1) is 9.41. The largest absolute Gasteiger partial charge is 0.464 e. The molecule has 0 amide bonds. The van der Waals surface area contributed by atoms with Gasteiger partial charge in [-0.2, -0.15) is 0 Å². The molecule has 0 aliphatic heterocycles. The van der Waals surface area contributed by atoms with Crippen LogP contribution in [0.5, 0.6) is 0 Å². The first-order valence-corrected chi connectivity index (χ1v) is 7.49. The minimum absolute atomic E-state index is 0.114. The number of carbonyl (C=O) groups excluding carboxylic acids is 1. The molecule has 0 bridgehead atoms. The van der Waals surface area contributed by atoms with Gasteiger partial charge in [-0.15, -0.1) is 0 Å². The number of pyridine rings is 1. The van der Waals surface area contributed by atoms with Crippen molar-refractivity contribution in [2.24, 2.45) is 0 Å². The summed E-state index contributed by atoms with van der Waals surface area (Å²) in [5.41, 5.74) is -0.114. The van der Waals surface area contributed by atoms with Crippen LogP contribution < -0.4 is 5.56 Å². The lowest BCUT2D eigenvalue weighted by molar-refractivity contribution is -0.141. The molecule has 106 valence electrons. The van der Waals surface area contributed by atoms with Gasteiger partial charge >= 0.3 is 5.97 Å². The van der Waals surface area contributed by atoms with Crippen LogP contribution in [-0.2, 0) is 9.53 Å². The molecule has 0 aliphatic carbocycles. The van der Waals surface area contributed by atoms with E-state index in [1.807, 2.05) is 13.0 Å². The molecular weight excluding hydrogens is 393 g/mol. The predicted octanol–water partition coefficient (Wildman–Crippen LogP) is 3.38. The van der Waals surface area contributed by atoms with Gasteiger partial charge in [0.2, 0.25) is 0 Å². The molecule has 0 aliphatic rings. The van der Waals surface area contributed by atoms with Crippen LogP contribution >= 0.6 is 34.2 Å². The van der Waals surface area contributed by atoms with Gasteiger partial charge < -0.3 is 9.30 Å². The number of carbonyl (C=O) groups is 1. The van der Waals surface area contributed by atoms with E-state index in [-0.39, 0.29) is 24.2 Å². The maximum atomic E-state index is 12.5. The number of ether oxygens (including phenoxy) is 1. The van der Waals surface area contributed by atoms with Crippen LogP contribution in [0.2, 0.25) is 5.02 Å². The van der Waals surface area contributed by atoms with Crippen molar-refractivity contribution in [3.8, 4) is 0 Å². The highest BCUT2D eigenvalue weighted by Gasteiger charge is 2.12. The Balaban J connectivity index is 2.47. The summed E-state index contributed by atoms with van der Waals surface area (Å²) >= 11 is 8.18. The second kappa shape index (κ2) is 6.13. The van der Waals surface area contributed by atoms with Gasteiger partial charge in [0.25, 0.3) is 5.56 Å². The lowest BCUT2D eigenvalue weighted by Crippen LogP contribution is -2.26. The van der Waals surface area contributed by atoms with Crippen LogP contribution in [0.3, 0.4) is 0 Å². The molecule has 4 nitrogen and oxygen atoms in total. The number of aromatic nitrogens is 1. The van der Waals surface area contributed by atoms with E-state index in [4.69, 9.17) is 16.3 Å². The van der Waals surface area contributed by atoms with Gasteiger partial charge in [-0.1, -0.05) is 11.6 Å². The van der Waals surface area contributed by atoms with Gasteiger partial charge in [0, 0.05) is 27.5 Å². The number of fused-ring (bicyclic) bond motifs is 1. The van der Waals surface area contributed by atoms with E-state index in [1.54, 1.807) is 22.9 Å². The third kappa shape index (κ3) is 2.98. The Bertz CT molecular complexity index is 726. The standard InChI is InChI=1S/C14H13ClINO3/c1-8(7-20-9(2)18)17-6-5-10-11(14(17)19)3-4-12(15)13(10)16/h3-6,8H,7H2,1-2H3. The summed E-state index contributed by atoms with van der Waals surface area (Å²) in [6.07, 6.45) is 1.71. The molecule has 1 aromatic carbocycles. The molecular formula is C14H13ClINO3. The minimum atomic E-state index is -0.355. The fraction of sp³-hybridized carbons (Fsp3) is 0.286. The Kier molecular flexibility index (Phi) is 4.70. The van der Waals surface area contributed by atoms with Crippen LogP contribution in [0.15, 0.2) is 29.2 Å². The number of nitrogens with zero attached hydrogens (tertiary/aromatic N) is 1. The van der Waals surface area contributed by atoms with Crippen LogP contribution in [0.25, 0.3) is 10.8 Å². The summed E-state index contributed by atoms with van der Waals surface area (Å²) < 4.78 is 7.37. The first-order valence-electron chi connectivity index (χ1n) is 6.04. The van der Waals surface area contributed by atoms with Crippen molar-refractivity contribution < 1.29 is 9.53 Å². The number of esters is 1. The average Bonchev–Trinajstić information content (AvgIpc) is 2.41. The third-order valence-corrected chi connectivity index (χ3v) is 4.80. The van der Waals surface area contributed by atoms with Crippen LogP contribution in [0.1, 0.15) is 19.9 Å². The summed E-state index contributed by atoms with van der Waals surface area (Å²) in [7, 11) is 0. The highest BCUT2D eigenvalue weighted by Crippen LogP contribution is 2.26.